The van der Waals surface area contributed by atoms with Crippen LogP contribution in [0.4, 0.5) is 0 Å². The Labute approximate surface area is 112 Å². The van der Waals surface area contributed by atoms with Gasteiger partial charge in [0.25, 0.3) is 0 Å². The maximum atomic E-state index is 11.9. The Hall–Kier alpha value is -1.25. The molecule has 97 valence electrons. The molecule has 1 rings (SSSR count). The molecule has 0 amide bonds. The summed E-state index contributed by atoms with van der Waals surface area (Å²) in [7, 11) is 1.66. The van der Waals surface area contributed by atoms with E-state index in [-0.39, 0.29) is 20.1 Å². The second-order valence-electron chi connectivity index (χ2n) is 5.14. The first-order chi connectivity index (χ1) is 7.95. The van der Waals surface area contributed by atoms with Gasteiger partial charge in [-0.3, -0.25) is 4.79 Å². The van der Waals surface area contributed by atoms with Gasteiger partial charge in [0.1, 0.15) is 5.75 Å². The third kappa shape index (κ3) is 4.21. The van der Waals surface area contributed by atoms with Crippen molar-refractivity contribution in [2.24, 2.45) is 11.8 Å². The van der Waals surface area contributed by atoms with Gasteiger partial charge >= 0.3 is 0 Å². The van der Waals surface area contributed by atoms with Gasteiger partial charge < -0.3 is 4.74 Å². The van der Waals surface area contributed by atoms with Crippen molar-refractivity contribution in [3.8, 4) is 5.75 Å². The molecule has 0 N–H and O–H groups in total. The van der Waals surface area contributed by atoms with Crippen molar-refractivity contribution in [1.29, 1.82) is 0 Å². The molecule has 0 atom stereocenters. The van der Waals surface area contributed by atoms with E-state index in [0.29, 0.717) is 5.92 Å². The Morgan fingerprint density at radius 2 is 1.83 bits per heavy atom. The number of ketones is 1. The highest BCUT2D eigenvalue weighted by molar-refractivity contribution is 5.97. The predicted octanol–water partition coefficient (Wildman–Crippen LogP) is 3.35. The van der Waals surface area contributed by atoms with E-state index in [1.165, 1.54) is 5.56 Å². The van der Waals surface area contributed by atoms with Gasteiger partial charge in [-0.05, 0) is 24.0 Å². The van der Waals surface area contributed by atoms with Gasteiger partial charge in [-0.1, -0.05) is 39.8 Å². The van der Waals surface area contributed by atoms with Crippen molar-refractivity contribution >= 4 is 14.2 Å². The lowest BCUT2D eigenvalue weighted by Crippen LogP contribution is -2.08. The molecular formula is C15H22BO2. The van der Waals surface area contributed by atoms with Crippen molar-refractivity contribution in [2.45, 2.75) is 34.1 Å². The summed E-state index contributed by atoms with van der Waals surface area (Å²) >= 11 is 0. The minimum Gasteiger partial charge on any atom is -0.496 e. The molecule has 0 aliphatic carbocycles. The van der Waals surface area contributed by atoms with Gasteiger partial charge in [-0.2, -0.15) is 0 Å². The van der Waals surface area contributed by atoms with Gasteiger partial charge in [-0.25, -0.2) is 0 Å². The van der Waals surface area contributed by atoms with Gasteiger partial charge in [-0.15, -0.1) is 0 Å². The predicted molar refractivity (Wildman–Crippen MR) is 76.5 cm³/mol. The highest BCUT2D eigenvalue weighted by Crippen LogP contribution is 2.24. The number of benzene rings is 1. The molecule has 0 bridgehead atoms. The quantitative estimate of drug-likeness (QED) is 0.587. The van der Waals surface area contributed by atoms with Crippen molar-refractivity contribution < 1.29 is 9.53 Å². The molecule has 1 aromatic carbocycles. The first-order valence-corrected chi connectivity index (χ1v) is 6.16. The van der Waals surface area contributed by atoms with Crippen LogP contribution in [0.1, 0.15) is 43.6 Å². The fourth-order valence-electron chi connectivity index (χ4n) is 1.84. The van der Waals surface area contributed by atoms with Crippen molar-refractivity contribution in [1.82, 2.24) is 0 Å². The van der Waals surface area contributed by atoms with E-state index in [4.69, 9.17) is 4.74 Å². The van der Waals surface area contributed by atoms with Crippen LogP contribution in [-0.2, 0) is 6.42 Å². The maximum absolute atomic E-state index is 11.9. The average molecular weight is 245 g/mol. The first-order valence-electron chi connectivity index (χ1n) is 6.16. The number of carbonyl (C=O) groups excluding carboxylic acids is 1. The highest BCUT2D eigenvalue weighted by Gasteiger charge is 2.13. The number of ether oxygens (including phenoxy) is 1. The summed E-state index contributed by atoms with van der Waals surface area (Å²) in [6, 6.07) is 5.77. The van der Waals surface area contributed by atoms with E-state index in [9.17, 15) is 4.79 Å². The molecule has 2 nitrogen and oxygen atoms in total. The largest absolute Gasteiger partial charge is 0.496 e. The summed E-state index contributed by atoms with van der Waals surface area (Å²) in [5.74, 6) is 1.59. The molecule has 0 fully saturated rings. The second-order valence-corrected chi connectivity index (χ2v) is 5.14. The summed E-state index contributed by atoms with van der Waals surface area (Å²) in [6.45, 7) is 8.17. The lowest BCUT2D eigenvalue weighted by atomic mass is 9.96. The van der Waals surface area contributed by atoms with Crippen LogP contribution in [0.25, 0.3) is 0 Å². The molecule has 0 spiro atoms. The molecule has 18 heavy (non-hydrogen) atoms. The third-order valence-electron chi connectivity index (χ3n) is 2.72. The number of Topliss-reactive ketones (excluding diaryl/α,β-unsaturated/α-hetero) is 1. The maximum Gasteiger partial charge on any atom is 0.165 e. The molecule has 0 heterocycles. The SMILES string of the molecule is COc1cc(C(=O)C(C)C)ccc1CC(C)C.[B]. The topological polar surface area (TPSA) is 26.3 Å². The first kappa shape index (κ1) is 16.8. The van der Waals surface area contributed by atoms with E-state index in [2.05, 4.69) is 13.8 Å². The molecule has 0 aliphatic rings. The monoisotopic (exact) mass is 245 g/mol. The lowest BCUT2D eigenvalue weighted by molar-refractivity contribution is 0.0939. The zero-order valence-electron chi connectivity index (χ0n) is 12.0. The minimum atomic E-state index is 0. The van der Waals surface area contributed by atoms with Crippen molar-refractivity contribution in [2.75, 3.05) is 7.11 Å². The Kier molecular flexibility index (Phi) is 6.75. The highest BCUT2D eigenvalue weighted by atomic mass is 16.5. The Bertz CT molecular complexity index is 397. The van der Waals surface area contributed by atoms with Crippen LogP contribution in [0.2, 0.25) is 0 Å². The second kappa shape index (κ2) is 7.25. The standard InChI is InChI=1S/C15H22O2.B/c1-10(2)8-12-6-7-13(9-14(12)17-5)15(16)11(3)4;/h6-7,9-11H,8H2,1-5H3;. The van der Waals surface area contributed by atoms with E-state index in [1.807, 2.05) is 32.0 Å². The molecule has 0 aliphatic heterocycles. The van der Waals surface area contributed by atoms with Crippen LogP contribution < -0.4 is 4.74 Å². The fraction of sp³-hybridized carbons (Fsp3) is 0.533. The van der Waals surface area contributed by atoms with Crippen molar-refractivity contribution in [3.05, 3.63) is 29.3 Å². The number of methoxy groups -OCH3 is 1. The van der Waals surface area contributed by atoms with E-state index in [1.54, 1.807) is 7.11 Å². The Balaban J connectivity index is 0.00000289. The molecule has 0 saturated heterocycles. The van der Waals surface area contributed by atoms with Gasteiger partial charge in [0, 0.05) is 19.9 Å². The Morgan fingerprint density at radius 3 is 2.28 bits per heavy atom. The minimum absolute atomic E-state index is 0. The van der Waals surface area contributed by atoms with Crippen LogP contribution in [0.15, 0.2) is 18.2 Å². The van der Waals surface area contributed by atoms with Gasteiger partial charge in [0.15, 0.2) is 5.78 Å². The summed E-state index contributed by atoms with van der Waals surface area (Å²) in [4.78, 5) is 11.9. The van der Waals surface area contributed by atoms with Crippen LogP contribution in [0.3, 0.4) is 0 Å². The molecular weight excluding hydrogens is 223 g/mol. The summed E-state index contributed by atoms with van der Waals surface area (Å²) in [5, 5.41) is 0. The summed E-state index contributed by atoms with van der Waals surface area (Å²) in [5.41, 5.74) is 1.91. The molecule has 3 radical (unpaired) electrons. The zero-order chi connectivity index (χ0) is 13.0. The van der Waals surface area contributed by atoms with E-state index in [0.717, 1.165) is 17.7 Å². The van der Waals surface area contributed by atoms with Crippen LogP contribution in [-0.4, -0.2) is 21.3 Å². The molecule has 3 heteroatoms. The van der Waals surface area contributed by atoms with Gasteiger partial charge in [0.05, 0.1) is 7.11 Å². The van der Waals surface area contributed by atoms with Crippen molar-refractivity contribution in [3.63, 3.8) is 0 Å². The number of hydrogen-bond donors (Lipinski definition) is 0. The smallest absolute Gasteiger partial charge is 0.165 e. The molecule has 0 saturated carbocycles. The molecule has 1 aromatic rings. The third-order valence-corrected chi connectivity index (χ3v) is 2.72. The molecule has 0 aromatic heterocycles. The number of rotatable bonds is 5. The van der Waals surface area contributed by atoms with Crippen LogP contribution in [0.5, 0.6) is 5.75 Å². The lowest BCUT2D eigenvalue weighted by Gasteiger charge is -2.13. The van der Waals surface area contributed by atoms with E-state index >= 15 is 0 Å². The number of hydrogen-bond acceptors (Lipinski definition) is 2. The average Bonchev–Trinajstić information content (AvgIpc) is 2.27. The van der Waals surface area contributed by atoms with E-state index < -0.39 is 0 Å². The number of carbonyl (C=O) groups is 1. The fourth-order valence-corrected chi connectivity index (χ4v) is 1.84. The molecule has 0 unspecified atom stereocenters. The Morgan fingerprint density at radius 1 is 1.22 bits per heavy atom. The zero-order valence-corrected chi connectivity index (χ0v) is 12.0. The summed E-state index contributed by atoms with van der Waals surface area (Å²) < 4.78 is 5.36. The summed E-state index contributed by atoms with van der Waals surface area (Å²) in [6.07, 6.45) is 0.972. The van der Waals surface area contributed by atoms with Crippen LogP contribution in [0, 0.1) is 11.8 Å². The normalized spacial score (nSPS) is 10.4. The van der Waals surface area contributed by atoms with Crippen LogP contribution >= 0.6 is 0 Å². The van der Waals surface area contributed by atoms with Gasteiger partial charge in [0.2, 0.25) is 0 Å².